The lowest BCUT2D eigenvalue weighted by Gasteiger charge is -2.18. The lowest BCUT2D eigenvalue weighted by atomic mass is 10.0. The zero-order valence-electron chi connectivity index (χ0n) is 12.0. The van der Waals surface area contributed by atoms with Crippen LogP contribution in [0, 0.1) is 0 Å². The zero-order chi connectivity index (χ0) is 14.0. The second-order valence-corrected chi connectivity index (χ2v) is 5.16. The van der Waals surface area contributed by atoms with Crippen molar-refractivity contribution < 1.29 is 0 Å². The van der Waals surface area contributed by atoms with Crippen molar-refractivity contribution in [3.05, 3.63) is 60.7 Å². The van der Waals surface area contributed by atoms with E-state index in [0.717, 1.165) is 11.4 Å². The highest BCUT2D eigenvalue weighted by atomic mass is 15.4. The molecule has 2 heteroatoms. The van der Waals surface area contributed by atoms with Crippen LogP contribution in [0.2, 0.25) is 0 Å². The highest BCUT2D eigenvalue weighted by molar-refractivity contribution is 5.60. The van der Waals surface area contributed by atoms with Gasteiger partial charge in [-0.1, -0.05) is 74.9 Å². The minimum Gasteiger partial charge on any atom is -0.280 e. The fourth-order valence-corrected chi connectivity index (χ4v) is 2.39. The number of nitrogens with two attached hydrogens (primary N) is 1. The van der Waals surface area contributed by atoms with Gasteiger partial charge in [0, 0.05) is 0 Å². The summed E-state index contributed by atoms with van der Waals surface area (Å²) in [7, 11) is 0. The number of anilines is 2. The maximum Gasteiger partial charge on any atom is 0.0575 e. The summed E-state index contributed by atoms with van der Waals surface area (Å²) >= 11 is 0. The van der Waals surface area contributed by atoms with E-state index in [4.69, 9.17) is 5.84 Å². The Balaban J connectivity index is 0.000000205. The summed E-state index contributed by atoms with van der Waals surface area (Å²) < 4.78 is 0. The number of hydrazine groups is 1. The number of rotatable bonds is 2. The minimum absolute atomic E-state index is 0.985. The summed E-state index contributed by atoms with van der Waals surface area (Å²) in [5.41, 5.74) is 1.97. The molecule has 0 atom stereocenters. The molecule has 20 heavy (non-hydrogen) atoms. The largest absolute Gasteiger partial charge is 0.280 e. The lowest BCUT2D eigenvalue weighted by molar-refractivity contribution is 0.504. The maximum atomic E-state index is 5.95. The SMILES string of the molecule is C1CCCCC1.NN(c1ccccc1)c1ccccc1. The smallest absolute Gasteiger partial charge is 0.0575 e. The van der Waals surface area contributed by atoms with E-state index in [0.29, 0.717) is 0 Å². The predicted octanol–water partition coefficient (Wildman–Crippen LogP) is 5.04. The molecule has 2 aromatic rings. The molecule has 2 aromatic carbocycles. The molecule has 3 rings (SSSR count). The van der Waals surface area contributed by atoms with Crippen molar-refractivity contribution >= 4 is 11.4 Å². The zero-order valence-corrected chi connectivity index (χ0v) is 12.0. The van der Waals surface area contributed by atoms with Crippen LogP contribution < -0.4 is 10.9 Å². The van der Waals surface area contributed by atoms with E-state index in [1.165, 1.54) is 38.5 Å². The van der Waals surface area contributed by atoms with Gasteiger partial charge in [-0.2, -0.15) is 0 Å². The van der Waals surface area contributed by atoms with Crippen LogP contribution in [-0.2, 0) is 0 Å². The molecular formula is C18H24N2. The van der Waals surface area contributed by atoms with Gasteiger partial charge in [-0.15, -0.1) is 0 Å². The summed E-state index contributed by atoms with van der Waals surface area (Å²) in [5.74, 6) is 5.95. The van der Waals surface area contributed by atoms with Gasteiger partial charge in [0.05, 0.1) is 11.4 Å². The summed E-state index contributed by atoms with van der Waals surface area (Å²) in [6.45, 7) is 0. The lowest BCUT2D eigenvalue weighted by Crippen LogP contribution is -2.24. The third-order valence-corrected chi connectivity index (χ3v) is 3.57. The average molecular weight is 268 g/mol. The molecule has 106 valence electrons. The number of benzene rings is 2. The molecule has 0 unspecified atom stereocenters. The Kier molecular flexibility index (Phi) is 6.12. The number of hydrogen-bond donors (Lipinski definition) is 1. The Morgan fingerprint density at radius 3 is 1.15 bits per heavy atom. The van der Waals surface area contributed by atoms with E-state index in [1.54, 1.807) is 5.01 Å². The van der Waals surface area contributed by atoms with Gasteiger partial charge < -0.3 is 0 Å². The van der Waals surface area contributed by atoms with E-state index in [1.807, 2.05) is 60.7 Å². The van der Waals surface area contributed by atoms with Crippen LogP contribution in [0.25, 0.3) is 0 Å². The summed E-state index contributed by atoms with van der Waals surface area (Å²) in [6.07, 6.45) is 9.00. The van der Waals surface area contributed by atoms with Gasteiger partial charge in [-0.05, 0) is 24.3 Å². The number of nitrogens with zero attached hydrogens (tertiary/aromatic N) is 1. The molecule has 0 radical (unpaired) electrons. The van der Waals surface area contributed by atoms with Gasteiger partial charge in [0.25, 0.3) is 0 Å². The first-order valence-electron chi connectivity index (χ1n) is 7.53. The normalized spacial score (nSPS) is 14.1. The molecule has 0 saturated heterocycles. The van der Waals surface area contributed by atoms with E-state index >= 15 is 0 Å². The number of hydrogen-bond acceptors (Lipinski definition) is 2. The predicted molar refractivity (Wildman–Crippen MR) is 86.9 cm³/mol. The average Bonchev–Trinajstić information content (AvgIpc) is 2.58. The molecule has 0 amide bonds. The molecule has 0 bridgehead atoms. The molecule has 0 heterocycles. The van der Waals surface area contributed by atoms with Gasteiger partial charge in [0.15, 0.2) is 0 Å². The van der Waals surface area contributed by atoms with Crippen molar-refractivity contribution in [2.75, 3.05) is 5.01 Å². The van der Waals surface area contributed by atoms with Gasteiger partial charge >= 0.3 is 0 Å². The third kappa shape index (κ3) is 4.71. The summed E-state index contributed by atoms with van der Waals surface area (Å²) in [6, 6.07) is 19.7. The Morgan fingerprint density at radius 1 is 0.550 bits per heavy atom. The van der Waals surface area contributed by atoms with Gasteiger partial charge in [-0.25, -0.2) is 5.84 Å². The second-order valence-electron chi connectivity index (χ2n) is 5.16. The van der Waals surface area contributed by atoms with E-state index in [9.17, 15) is 0 Å². The van der Waals surface area contributed by atoms with Crippen molar-refractivity contribution in [3.8, 4) is 0 Å². The van der Waals surface area contributed by atoms with Gasteiger partial charge in [-0.3, -0.25) is 5.01 Å². The van der Waals surface area contributed by atoms with Crippen molar-refractivity contribution in [2.45, 2.75) is 38.5 Å². The summed E-state index contributed by atoms with van der Waals surface area (Å²) in [5, 5.41) is 1.67. The van der Waals surface area contributed by atoms with Crippen molar-refractivity contribution in [1.82, 2.24) is 0 Å². The van der Waals surface area contributed by atoms with Crippen molar-refractivity contribution in [2.24, 2.45) is 5.84 Å². The van der Waals surface area contributed by atoms with Crippen LogP contribution in [0.15, 0.2) is 60.7 Å². The minimum atomic E-state index is 0.985. The molecule has 1 fully saturated rings. The monoisotopic (exact) mass is 268 g/mol. The van der Waals surface area contributed by atoms with Crippen LogP contribution >= 0.6 is 0 Å². The van der Waals surface area contributed by atoms with Crippen LogP contribution in [0.3, 0.4) is 0 Å². The van der Waals surface area contributed by atoms with Crippen LogP contribution in [0.4, 0.5) is 11.4 Å². The van der Waals surface area contributed by atoms with Gasteiger partial charge in [0.2, 0.25) is 0 Å². The molecular weight excluding hydrogens is 244 g/mol. The maximum absolute atomic E-state index is 5.95. The first-order valence-corrected chi connectivity index (χ1v) is 7.53. The van der Waals surface area contributed by atoms with Crippen molar-refractivity contribution in [3.63, 3.8) is 0 Å². The first-order chi connectivity index (χ1) is 9.88. The molecule has 0 aromatic heterocycles. The third-order valence-electron chi connectivity index (χ3n) is 3.57. The first kappa shape index (κ1) is 14.6. The van der Waals surface area contributed by atoms with Crippen LogP contribution in [0.1, 0.15) is 38.5 Å². The second kappa shape index (κ2) is 8.39. The molecule has 1 saturated carbocycles. The molecule has 0 spiro atoms. The standard InChI is InChI=1S/C12H12N2.C6H12/c13-14(11-7-3-1-4-8-11)12-9-5-2-6-10-12;1-2-4-6-5-3-1/h1-10H,13H2;1-6H2. The molecule has 2 N–H and O–H groups in total. The summed E-state index contributed by atoms with van der Waals surface area (Å²) in [4.78, 5) is 0. The van der Waals surface area contributed by atoms with E-state index < -0.39 is 0 Å². The van der Waals surface area contributed by atoms with E-state index in [2.05, 4.69) is 0 Å². The topological polar surface area (TPSA) is 29.3 Å². The molecule has 2 nitrogen and oxygen atoms in total. The fraction of sp³-hybridized carbons (Fsp3) is 0.333. The van der Waals surface area contributed by atoms with Crippen molar-refractivity contribution in [1.29, 1.82) is 0 Å². The van der Waals surface area contributed by atoms with Crippen LogP contribution in [-0.4, -0.2) is 0 Å². The highest BCUT2D eigenvalue weighted by Crippen LogP contribution is 2.20. The fourth-order valence-electron chi connectivity index (χ4n) is 2.39. The Bertz CT molecular complexity index is 412. The van der Waals surface area contributed by atoms with Crippen LogP contribution in [0.5, 0.6) is 0 Å². The number of para-hydroxylation sites is 2. The Hall–Kier alpha value is -1.80. The Labute approximate surface area is 122 Å². The molecule has 0 aliphatic heterocycles. The van der Waals surface area contributed by atoms with Gasteiger partial charge in [0.1, 0.15) is 0 Å². The molecule has 1 aliphatic rings. The van der Waals surface area contributed by atoms with E-state index in [-0.39, 0.29) is 0 Å². The quantitative estimate of drug-likeness (QED) is 0.610. The molecule has 1 aliphatic carbocycles. The Morgan fingerprint density at radius 2 is 0.850 bits per heavy atom. The highest BCUT2D eigenvalue weighted by Gasteiger charge is 2.01.